The molecule has 0 heterocycles. The maximum atomic E-state index is 14.6. The molecule has 0 saturated carbocycles. The van der Waals surface area contributed by atoms with Gasteiger partial charge in [0.2, 0.25) is 0 Å². The lowest BCUT2D eigenvalue weighted by molar-refractivity contribution is -0.441. The van der Waals surface area contributed by atoms with Crippen molar-refractivity contribution in [2.24, 2.45) is 0 Å². The smallest absolute Gasteiger partial charge is 0.380 e. The number of aliphatic hydroxyl groups is 1. The van der Waals surface area contributed by atoms with Gasteiger partial charge in [-0.05, 0) is 18.1 Å². The molecule has 0 fully saturated rings. The normalized spacial score (nSPS) is 16.2. The van der Waals surface area contributed by atoms with Crippen molar-refractivity contribution < 1.29 is 62.2 Å². The Bertz CT molecular complexity index is 1030. The lowest BCUT2D eigenvalue weighted by Gasteiger charge is -2.42. The SMILES string of the molecule is Cc1cccc(C(O)(CC(F)(F)C(F)(F)C(F)(F)C(F)(F)C(F)(F)C(F)(F)F)c2ccccc2)c1. The third-order valence-corrected chi connectivity index (χ3v) is 5.22. The van der Waals surface area contributed by atoms with Gasteiger partial charge in [0.25, 0.3) is 0 Å². The zero-order chi connectivity index (χ0) is 27.3. The van der Waals surface area contributed by atoms with Crippen LogP contribution in [-0.4, -0.2) is 40.9 Å². The van der Waals surface area contributed by atoms with Crippen LogP contribution in [0.2, 0.25) is 0 Å². The zero-order valence-electron chi connectivity index (χ0n) is 17.3. The number of benzene rings is 2. The molecule has 35 heavy (non-hydrogen) atoms. The number of alkyl halides is 13. The Kier molecular flexibility index (Phi) is 7.02. The average molecular weight is 530 g/mol. The van der Waals surface area contributed by atoms with Crippen LogP contribution in [0.1, 0.15) is 23.1 Å². The van der Waals surface area contributed by atoms with E-state index < -0.39 is 58.9 Å². The highest BCUT2D eigenvalue weighted by atomic mass is 19.4. The van der Waals surface area contributed by atoms with Crippen molar-refractivity contribution in [1.29, 1.82) is 0 Å². The van der Waals surface area contributed by atoms with Crippen molar-refractivity contribution in [3.8, 4) is 0 Å². The summed E-state index contributed by atoms with van der Waals surface area (Å²) in [6.07, 6.45) is -10.3. The van der Waals surface area contributed by atoms with Crippen LogP contribution in [0.5, 0.6) is 0 Å². The molecule has 2 aromatic carbocycles. The van der Waals surface area contributed by atoms with Gasteiger partial charge < -0.3 is 5.11 Å². The summed E-state index contributed by atoms with van der Waals surface area (Å²) in [5.74, 6) is -37.7. The van der Waals surface area contributed by atoms with Crippen LogP contribution in [0.3, 0.4) is 0 Å². The van der Waals surface area contributed by atoms with E-state index in [0.29, 0.717) is 0 Å². The molecule has 0 amide bonds. The first-order valence-corrected chi connectivity index (χ1v) is 9.37. The minimum absolute atomic E-state index is 0.244. The fourth-order valence-electron chi connectivity index (χ4n) is 3.22. The Morgan fingerprint density at radius 1 is 0.571 bits per heavy atom. The van der Waals surface area contributed by atoms with E-state index in [2.05, 4.69) is 0 Å². The minimum Gasteiger partial charge on any atom is -0.380 e. The molecular weight excluding hydrogens is 515 g/mol. The van der Waals surface area contributed by atoms with Crippen molar-refractivity contribution in [3.05, 3.63) is 71.3 Å². The second-order valence-electron chi connectivity index (χ2n) is 7.77. The second kappa shape index (κ2) is 8.56. The number of hydrogen-bond donors (Lipinski definition) is 1. The molecule has 1 unspecified atom stereocenters. The van der Waals surface area contributed by atoms with Gasteiger partial charge in [-0.25, -0.2) is 0 Å². The summed E-state index contributed by atoms with van der Waals surface area (Å²) < 4.78 is 176. The van der Waals surface area contributed by atoms with Crippen molar-refractivity contribution in [2.45, 2.75) is 54.7 Å². The molecule has 2 rings (SSSR count). The van der Waals surface area contributed by atoms with Crippen LogP contribution in [0.4, 0.5) is 57.1 Å². The predicted octanol–water partition coefficient (Wildman–Crippen LogP) is 7.36. The molecular formula is C21H15F13O. The van der Waals surface area contributed by atoms with E-state index in [4.69, 9.17) is 0 Å². The van der Waals surface area contributed by atoms with E-state index in [9.17, 15) is 62.2 Å². The van der Waals surface area contributed by atoms with Gasteiger partial charge >= 0.3 is 35.8 Å². The highest BCUT2D eigenvalue weighted by Gasteiger charge is 2.90. The fourth-order valence-corrected chi connectivity index (χ4v) is 3.22. The van der Waals surface area contributed by atoms with Gasteiger partial charge in [-0.1, -0.05) is 60.2 Å². The molecule has 0 radical (unpaired) electrons. The summed E-state index contributed by atoms with van der Waals surface area (Å²) in [6.45, 7) is 1.36. The Morgan fingerprint density at radius 3 is 1.49 bits per heavy atom. The lowest BCUT2D eigenvalue weighted by atomic mass is 9.78. The molecule has 2 aromatic rings. The molecule has 1 nitrogen and oxygen atoms in total. The van der Waals surface area contributed by atoms with Gasteiger partial charge in [-0.2, -0.15) is 57.1 Å². The predicted molar refractivity (Wildman–Crippen MR) is 96.0 cm³/mol. The molecule has 0 aliphatic rings. The number of rotatable bonds is 8. The quantitative estimate of drug-likeness (QED) is 0.354. The van der Waals surface area contributed by atoms with Crippen LogP contribution >= 0.6 is 0 Å². The van der Waals surface area contributed by atoms with Crippen LogP contribution < -0.4 is 0 Å². The van der Waals surface area contributed by atoms with Gasteiger partial charge in [-0.15, -0.1) is 0 Å². The van der Waals surface area contributed by atoms with Gasteiger partial charge in [0, 0.05) is 0 Å². The van der Waals surface area contributed by atoms with Gasteiger partial charge in [-0.3, -0.25) is 0 Å². The molecule has 196 valence electrons. The average Bonchev–Trinajstić information content (AvgIpc) is 2.72. The van der Waals surface area contributed by atoms with Crippen molar-refractivity contribution in [2.75, 3.05) is 0 Å². The summed E-state index contributed by atoms with van der Waals surface area (Å²) >= 11 is 0. The van der Waals surface area contributed by atoms with E-state index in [1.54, 1.807) is 0 Å². The third kappa shape index (κ3) is 4.45. The summed E-state index contributed by atoms with van der Waals surface area (Å²) in [4.78, 5) is 0. The minimum atomic E-state index is -8.00. The van der Waals surface area contributed by atoms with Crippen LogP contribution in [0, 0.1) is 6.92 Å². The van der Waals surface area contributed by atoms with Crippen LogP contribution in [-0.2, 0) is 5.60 Å². The fraction of sp³-hybridized carbons (Fsp3) is 0.429. The lowest BCUT2D eigenvalue weighted by Crippen LogP contribution is -2.70. The Labute approximate surface area is 189 Å². The number of hydrogen-bond acceptors (Lipinski definition) is 1. The van der Waals surface area contributed by atoms with Crippen molar-refractivity contribution in [3.63, 3.8) is 0 Å². The summed E-state index contributed by atoms with van der Waals surface area (Å²) in [6, 6.07) is 9.64. The van der Waals surface area contributed by atoms with Gasteiger partial charge in [0.1, 0.15) is 5.60 Å². The van der Waals surface area contributed by atoms with E-state index in [0.717, 1.165) is 42.5 Å². The standard InChI is InChI=1S/C21H15F13O/c1-12-6-5-9-14(10-12)15(35,13-7-3-2-4-8-13)11-16(22,23)17(24,25)18(26,27)19(28,29)20(30,31)21(32,33)34/h2-10,35H,11H2,1H3. The van der Waals surface area contributed by atoms with E-state index in [1.807, 2.05) is 0 Å². The topological polar surface area (TPSA) is 20.2 Å². The molecule has 0 aliphatic heterocycles. The number of aryl methyl sites for hydroxylation is 1. The maximum absolute atomic E-state index is 14.6. The molecule has 0 saturated heterocycles. The molecule has 0 spiro atoms. The maximum Gasteiger partial charge on any atom is 0.460 e. The van der Waals surface area contributed by atoms with Crippen LogP contribution in [0.15, 0.2) is 54.6 Å². The molecule has 0 aliphatic carbocycles. The third-order valence-electron chi connectivity index (χ3n) is 5.22. The Balaban J connectivity index is 2.67. The van der Waals surface area contributed by atoms with Gasteiger partial charge in [0.05, 0.1) is 6.42 Å². The molecule has 14 heteroatoms. The van der Waals surface area contributed by atoms with E-state index in [1.165, 1.54) is 19.1 Å². The first kappa shape index (κ1) is 28.7. The first-order valence-electron chi connectivity index (χ1n) is 9.37. The molecule has 0 bridgehead atoms. The Hall–Kier alpha value is -2.51. The van der Waals surface area contributed by atoms with E-state index in [-0.39, 0.29) is 5.56 Å². The highest BCUT2D eigenvalue weighted by Crippen LogP contribution is 2.61. The number of halogens is 13. The monoisotopic (exact) mass is 530 g/mol. The summed E-state index contributed by atoms with van der Waals surface area (Å²) in [5, 5.41) is 11.0. The van der Waals surface area contributed by atoms with Gasteiger partial charge in [0.15, 0.2) is 0 Å². The summed E-state index contributed by atoms with van der Waals surface area (Å²) in [5.41, 5.74) is -4.27. The molecule has 1 atom stereocenters. The van der Waals surface area contributed by atoms with E-state index >= 15 is 0 Å². The largest absolute Gasteiger partial charge is 0.460 e. The van der Waals surface area contributed by atoms with Crippen LogP contribution in [0.25, 0.3) is 0 Å². The molecule has 1 N–H and O–H groups in total. The Morgan fingerprint density at radius 2 is 1.03 bits per heavy atom. The summed E-state index contributed by atoms with van der Waals surface area (Å²) in [7, 11) is 0. The van der Waals surface area contributed by atoms with Crippen molar-refractivity contribution in [1.82, 2.24) is 0 Å². The first-order chi connectivity index (χ1) is 15.6. The zero-order valence-corrected chi connectivity index (χ0v) is 17.3. The van der Waals surface area contributed by atoms with Crippen molar-refractivity contribution >= 4 is 0 Å². The highest BCUT2D eigenvalue weighted by molar-refractivity contribution is 5.38. The molecule has 0 aromatic heterocycles. The second-order valence-corrected chi connectivity index (χ2v) is 7.77.